The number of benzene rings is 2. The van der Waals surface area contributed by atoms with Crippen molar-refractivity contribution in [2.45, 2.75) is 13.8 Å². The molecule has 19 heavy (non-hydrogen) atoms. The molecule has 0 bridgehead atoms. The largest absolute Gasteiger partial charge is 0.271 e. The molecule has 0 aliphatic heterocycles. The summed E-state index contributed by atoms with van der Waals surface area (Å²) >= 11 is 0. The van der Waals surface area contributed by atoms with Crippen LogP contribution in [0.2, 0.25) is 0 Å². The highest BCUT2D eigenvalue weighted by atomic mass is 16.2. The number of carbonyl (C=O) groups excluding carboxylic acids is 1. The second kappa shape index (κ2) is 5.96. The van der Waals surface area contributed by atoms with E-state index in [2.05, 4.69) is 10.5 Å². The zero-order valence-electron chi connectivity index (χ0n) is 11.1. The Morgan fingerprint density at radius 1 is 0.947 bits per heavy atom. The van der Waals surface area contributed by atoms with E-state index in [-0.39, 0.29) is 5.91 Å². The summed E-state index contributed by atoms with van der Waals surface area (Å²) in [5.41, 5.74) is 6.14. The lowest BCUT2D eigenvalue weighted by Gasteiger charge is -2.03. The van der Waals surface area contributed by atoms with Gasteiger partial charge in [-0.15, -0.1) is 0 Å². The summed E-state index contributed by atoms with van der Waals surface area (Å²) in [5.74, 6) is -0.202. The van der Waals surface area contributed by atoms with Crippen molar-refractivity contribution in [2.24, 2.45) is 5.10 Å². The van der Waals surface area contributed by atoms with Gasteiger partial charge in [-0.3, -0.25) is 4.79 Å². The first-order valence-corrected chi connectivity index (χ1v) is 6.13. The van der Waals surface area contributed by atoms with E-state index < -0.39 is 0 Å². The quantitative estimate of drug-likeness (QED) is 0.661. The van der Waals surface area contributed by atoms with Crippen molar-refractivity contribution in [1.29, 1.82) is 0 Å². The van der Waals surface area contributed by atoms with Crippen LogP contribution in [0, 0.1) is 6.92 Å². The fourth-order valence-electron chi connectivity index (χ4n) is 1.65. The minimum absolute atomic E-state index is 0.202. The third-order valence-corrected chi connectivity index (χ3v) is 2.83. The Kier molecular flexibility index (Phi) is 4.08. The Hall–Kier alpha value is -2.42. The van der Waals surface area contributed by atoms with Crippen LogP contribution in [-0.4, -0.2) is 11.6 Å². The van der Waals surface area contributed by atoms with Gasteiger partial charge in [0.05, 0.1) is 5.71 Å². The first-order chi connectivity index (χ1) is 9.16. The molecule has 0 heterocycles. The summed E-state index contributed by atoms with van der Waals surface area (Å²) in [7, 11) is 0. The monoisotopic (exact) mass is 252 g/mol. The van der Waals surface area contributed by atoms with Crippen LogP contribution in [0.4, 0.5) is 0 Å². The van der Waals surface area contributed by atoms with Crippen molar-refractivity contribution < 1.29 is 4.79 Å². The van der Waals surface area contributed by atoms with E-state index in [4.69, 9.17) is 0 Å². The molecule has 3 heteroatoms. The van der Waals surface area contributed by atoms with Crippen LogP contribution in [-0.2, 0) is 0 Å². The molecule has 0 saturated heterocycles. The number of aryl methyl sites for hydroxylation is 1. The van der Waals surface area contributed by atoms with Crippen molar-refractivity contribution in [2.75, 3.05) is 0 Å². The van der Waals surface area contributed by atoms with Crippen LogP contribution < -0.4 is 5.43 Å². The number of hydrogen-bond acceptors (Lipinski definition) is 2. The molecule has 1 N–H and O–H groups in total. The molecule has 0 aliphatic carbocycles. The van der Waals surface area contributed by atoms with Crippen LogP contribution in [0.1, 0.15) is 28.4 Å². The summed E-state index contributed by atoms with van der Waals surface area (Å²) in [6.45, 7) is 3.91. The van der Waals surface area contributed by atoms with Crippen LogP contribution in [0.5, 0.6) is 0 Å². The maximum atomic E-state index is 11.8. The minimum Gasteiger partial charge on any atom is -0.267 e. The van der Waals surface area contributed by atoms with E-state index in [0.717, 1.165) is 11.3 Å². The molecule has 2 aromatic carbocycles. The van der Waals surface area contributed by atoms with Gasteiger partial charge in [-0.25, -0.2) is 5.43 Å². The smallest absolute Gasteiger partial charge is 0.267 e. The first-order valence-electron chi connectivity index (χ1n) is 6.13. The molecule has 0 atom stereocenters. The molecule has 3 nitrogen and oxygen atoms in total. The average Bonchev–Trinajstić information content (AvgIpc) is 2.46. The lowest BCUT2D eigenvalue weighted by molar-refractivity contribution is 0.0955. The Labute approximate surface area is 113 Å². The molecule has 0 radical (unpaired) electrons. The average molecular weight is 252 g/mol. The molecular weight excluding hydrogens is 236 g/mol. The highest BCUT2D eigenvalue weighted by molar-refractivity contribution is 6.00. The van der Waals surface area contributed by atoms with Gasteiger partial charge in [-0.2, -0.15) is 5.10 Å². The van der Waals surface area contributed by atoms with Crippen molar-refractivity contribution in [1.82, 2.24) is 5.43 Å². The Morgan fingerprint density at radius 2 is 1.58 bits per heavy atom. The summed E-state index contributed by atoms with van der Waals surface area (Å²) in [4.78, 5) is 11.8. The number of hydrazone groups is 1. The second-order valence-electron chi connectivity index (χ2n) is 4.37. The molecule has 0 fully saturated rings. The number of rotatable bonds is 3. The number of nitrogens with one attached hydrogen (secondary N) is 1. The predicted molar refractivity (Wildman–Crippen MR) is 77.3 cm³/mol. The minimum atomic E-state index is -0.202. The molecule has 0 saturated carbocycles. The number of hydrogen-bond donors (Lipinski definition) is 1. The third-order valence-electron chi connectivity index (χ3n) is 2.83. The van der Waals surface area contributed by atoms with Crippen molar-refractivity contribution in [3.63, 3.8) is 0 Å². The highest BCUT2D eigenvalue weighted by Gasteiger charge is 2.03. The van der Waals surface area contributed by atoms with Crippen molar-refractivity contribution >= 4 is 11.6 Å². The van der Waals surface area contributed by atoms with Gasteiger partial charge in [-0.1, -0.05) is 48.0 Å². The van der Waals surface area contributed by atoms with Gasteiger partial charge in [0, 0.05) is 5.56 Å². The van der Waals surface area contributed by atoms with Gasteiger partial charge in [0.15, 0.2) is 0 Å². The first kappa shape index (κ1) is 13.0. The molecule has 0 spiro atoms. The fraction of sp³-hybridized carbons (Fsp3) is 0.125. The summed E-state index contributed by atoms with van der Waals surface area (Å²) in [6, 6.07) is 17.1. The van der Waals surface area contributed by atoms with Gasteiger partial charge in [-0.05, 0) is 31.5 Å². The maximum absolute atomic E-state index is 11.8. The predicted octanol–water partition coefficient (Wildman–Crippen LogP) is 3.15. The molecular formula is C16H16N2O. The Bertz CT molecular complexity index is 586. The van der Waals surface area contributed by atoms with E-state index in [1.54, 1.807) is 12.1 Å². The highest BCUT2D eigenvalue weighted by Crippen LogP contribution is 2.04. The maximum Gasteiger partial charge on any atom is 0.271 e. The second-order valence-corrected chi connectivity index (χ2v) is 4.37. The molecule has 2 rings (SSSR count). The van der Waals surface area contributed by atoms with Crippen LogP contribution in [0.3, 0.4) is 0 Å². The van der Waals surface area contributed by atoms with E-state index in [0.29, 0.717) is 5.56 Å². The molecule has 96 valence electrons. The SMILES string of the molecule is C/C(=N\NC(=O)c1ccccc1)c1ccc(C)cc1. The third kappa shape index (κ3) is 3.52. The molecule has 0 unspecified atom stereocenters. The zero-order chi connectivity index (χ0) is 13.7. The molecule has 0 aromatic heterocycles. The lowest BCUT2D eigenvalue weighted by atomic mass is 10.1. The lowest BCUT2D eigenvalue weighted by Crippen LogP contribution is -2.19. The van der Waals surface area contributed by atoms with E-state index in [1.165, 1.54) is 5.56 Å². The van der Waals surface area contributed by atoms with Gasteiger partial charge >= 0.3 is 0 Å². The molecule has 1 amide bonds. The number of carbonyl (C=O) groups is 1. The standard InChI is InChI=1S/C16H16N2O/c1-12-8-10-14(11-9-12)13(2)17-18-16(19)15-6-4-3-5-7-15/h3-11H,1-2H3,(H,18,19)/b17-13+. The number of amides is 1. The Balaban J connectivity index is 2.06. The zero-order valence-corrected chi connectivity index (χ0v) is 11.1. The van der Waals surface area contributed by atoms with E-state index in [9.17, 15) is 4.79 Å². The molecule has 0 aliphatic rings. The van der Waals surface area contributed by atoms with Crippen LogP contribution in [0.25, 0.3) is 0 Å². The van der Waals surface area contributed by atoms with Gasteiger partial charge in [0.2, 0.25) is 0 Å². The summed E-state index contributed by atoms with van der Waals surface area (Å²) in [6.07, 6.45) is 0. The number of nitrogens with zero attached hydrogens (tertiary/aromatic N) is 1. The van der Waals surface area contributed by atoms with Gasteiger partial charge < -0.3 is 0 Å². The van der Waals surface area contributed by atoms with Gasteiger partial charge in [0.25, 0.3) is 5.91 Å². The molecule has 2 aromatic rings. The van der Waals surface area contributed by atoms with Gasteiger partial charge in [0.1, 0.15) is 0 Å². The summed E-state index contributed by atoms with van der Waals surface area (Å²) in [5, 5.41) is 4.12. The van der Waals surface area contributed by atoms with Crippen molar-refractivity contribution in [3.8, 4) is 0 Å². The normalized spacial score (nSPS) is 11.2. The summed E-state index contributed by atoms with van der Waals surface area (Å²) < 4.78 is 0. The fourth-order valence-corrected chi connectivity index (χ4v) is 1.65. The van der Waals surface area contributed by atoms with E-state index in [1.807, 2.05) is 56.3 Å². The van der Waals surface area contributed by atoms with Crippen molar-refractivity contribution in [3.05, 3.63) is 71.3 Å². The topological polar surface area (TPSA) is 41.5 Å². The van der Waals surface area contributed by atoms with Crippen LogP contribution in [0.15, 0.2) is 59.7 Å². The van der Waals surface area contributed by atoms with E-state index >= 15 is 0 Å². The van der Waals surface area contributed by atoms with Crippen LogP contribution >= 0.6 is 0 Å². The Morgan fingerprint density at radius 3 is 2.21 bits per heavy atom.